The van der Waals surface area contributed by atoms with E-state index in [1.54, 1.807) is 6.07 Å². The van der Waals surface area contributed by atoms with Crippen LogP contribution in [0.2, 0.25) is 0 Å². The van der Waals surface area contributed by atoms with Crippen molar-refractivity contribution < 1.29 is 10.0 Å². The summed E-state index contributed by atoms with van der Waals surface area (Å²) in [5, 5.41) is 33.5. The Balaban J connectivity index is 2.94. The highest BCUT2D eigenvalue weighted by Gasteiger charge is 2.22. The molecule has 1 unspecified atom stereocenters. The van der Waals surface area contributed by atoms with Crippen molar-refractivity contribution in [3.8, 4) is 6.07 Å². The molecular weight excluding hydrogens is 176 g/mol. The number of rotatable bonds is 3. The number of H-pyrrole nitrogens is 1. The maximum atomic E-state index is 10.3. The summed E-state index contributed by atoms with van der Waals surface area (Å²) in [5.74, 6) is 0. The normalized spacial score (nSPS) is 12.0. The fourth-order valence-electron chi connectivity index (χ4n) is 0.869. The van der Waals surface area contributed by atoms with E-state index in [1.807, 2.05) is 0 Å². The molecule has 1 atom stereocenters. The number of aliphatic hydroxyl groups excluding tert-OH is 1. The predicted octanol–water partition coefficient (Wildman–Crippen LogP) is 0.265. The Bertz CT molecular complexity index is 353. The molecule has 0 saturated carbocycles. The molecule has 1 heterocycles. The van der Waals surface area contributed by atoms with Crippen LogP contribution in [0.15, 0.2) is 6.20 Å². The molecule has 0 spiro atoms. The van der Waals surface area contributed by atoms with Gasteiger partial charge in [-0.3, -0.25) is 15.2 Å². The van der Waals surface area contributed by atoms with E-state index >= 15 is 0 Å². The van der Waals surface area contributed by atoms with Gasteiger partial charge in [0, 0.05) is 0 Å². The molecule has 68 valence electrons. The molecule has 2 N–H and O–H groups in total. The Labute approximate surface area is 72.8 Å². The Morgan fingerprint density at radius 3 is 3.15 bits per heavy atom. The van der Waals surface area contributed by atoms with Crippen LogP contribution in [0.4, 0.5) is 5.69 Å². The molecule has 1 rings (SSSR count). The molecule has 0 amide bonds. The highest BCUT2D eigenvalue weighted by Crippen LogP contribution is 2.23. The van der Waals surface area contributed by atoms with Gasteiger partial charge < -0.3 is 5.11 Å². The van der Waals surface area contributed by atoms with E-state index in [9.17, 15) is 15.2 Å². The fraction of sp³-hybridized carbons (Fsp3) is 0.333. The molecule has 0 saturated heterocycles. The van der Waals surface area contributed by atoms with Crippen LogP contribution in [0.25, 0.3) is 0 Å². The van der Waals surface area contributed by atoms with Crippen LogP contribution in [0.5, 0.6) is 0 Å². The molecule has 0 aliphatic carbocycles. The summed E-state index contributed by atoms with van der Waals surface area (Å²) in [6.45, 7) is 0. The van der Waals surface area contributed by atoms with E-state index in [0.717, 1.165) is 6.20 Å². The van der Waals surface area contributed by atoms with Crippen LogP contribution in [-0.2, 0) is 0 Å². The van der Waals surface area contributed by atoms with Crippen LogP contribution in [0, 0.1) is 21.4 Å². The molecular formula is C6H6N4O3. The van der Waals surface area contributed by atoms with Crippen molar-refractivity contribution >= 4 is 5.69 Å². The number of aliphatic hydroxyl groups is 1. The third-order valence-electron chi connectivity index (χ3n) is 1.46. The van der Waals surface area contributed by atoms with E-state index in [1.165, 1.54) is 0 Å². The minimum absolute atomic E-state index is 0.0356. The first-order chi connectivity index (χ1) is 6.16. The van der Waals surface area contributed by atoms with Gasteiger partial charge in [-0.05, 0) is 0 Å². The maximum Gasteiger partial charge on any atom is 0.312 e. The Morgan fingerprint density at radius 2 is 2.62 bits per heavy atom. The number of nitriles is 1. The van der Waals surface area contributed by atoms with Gasteiger partial charge in [0.05, 0.1) is 17.4 Å². The van der Waals surface area contributed by atoms with E-state index in [2.05, 4.69) is 10.2 Å². The second-order valence-corrected chi connectivity index (χ2v) is 2.30. The average molecular weight is 182 g/mol. The van der Waals surface area contributed by atoms with Crippen molar-refractivity contribution in [2.24, 2.45) is 0 Å². The second kappa shape index (κ2) is 3.64. The van der Waals surface area contributed by atoms with Gasteiger partial charge in [0.15, 0.2) is 0 Å². The van der Waals surface area contributed by atoms with Gasteiger partial charge in [-0.15, -0.1) is 0 Å². The summed E-state index contributed by atoms with van der Waals surface area (Å²) < 4.78 is 0. The molecule has 13 heavy (non-hydrogen) atoms. The molecule has 0 radical (unpaired) electrons. The first kappa shape index (κ1) is 9.15. The summed E-state index contributed by atoms with van der Waals surface area (Å²) in [6.07, 6.45) is -0.396. The predicted molar refractivity (Wildman–Crippen MR) is 40.4 cm³/mol. The van der Waals surface area contributed by atoms with Crippen LogP contribution in [0.3, 0.4) is 0 Å². The van der Waals surface area contributed by atoms with Gasteiger partial charge in [-0.25, -0.2) is 0 Å². The molecule has 7 nitrogen and oxygen atoms in total. The van der Waals surface area contributed by atoms with Crippen molar-refractivity contribution in [1.29, 1.82) is 5.26 Å². The lowest BCUT2D eigenvalue weighted by atomic mass is 10.2. The zero-order chi connectivity index (χ0) is 9.84. The van der Waals surface area contributed by atoms with Gasteiger partial charge in [0.25, 0.3) is 0 Å². The highest BCUT2D eigenvalue weighted by atomic mass is 16.6. The molecule has 0 aromatic carbocycles. The number of hydrogen-bond donors (Lipinski definition) is 2. The van der Waals surface area contributed by atoms with Crippen molar-refractivity contribution in [3.05, 3.63) is 22.0 Å². The Morgan fingerprint density at radius 1 is 1.92 bits per heavy atom. The lowest BCUT2D eigenvalue weighted by Crippen LogP contribution is -2.00. The smallest absolute Gasteiger partial charge is 0.312 e. The minimum atomic E-state index is -1.19. The Kier molecular flexibility index (Phi) is 2.56. The number of hydrogen-bond acceptors (Lipinski definition) is 5. The van der Waals surface area contributed by atoms with Crippen LogP contribution < -0.4 is 0 Å². The zero-order valence-corrected chi connectivity index (χ0v) is 6.47. The molecule has 7 heteroatoms. The molecule has 0 aliphatic rings. The minimum Gasteiger partial charge on any atom is -0.385 e. The van der Waals surface area contributed by atoms with Crippen LogP contribution in [-0.4, -0.2) is 20.2 Å². The molecule has 1 aromatic rings. The number of nitro groups is 1. The lowest BCUT2D eigenvalue weighted by Gasteiger charge is -2.00. The van der Waals surface area contributed by atoms with Crippen molar-refractivity contribution in [2.45, 2.75) is 12.5 Å². The van der Waals surface area contributed by atoms with Crippen molar-refractivity contribution in [2.75, 3.05) is 0 Å². The van der Waals surface area contributed by atoms with Crippen LogP contribution >= 0.6 is 0 Å². The van der Waals surface area contributed by atoms with Crippen molar-refractivity contribution in [3.63, 3.8) is 0 Å². The molecule has 0 bridgehead atoms. The Hall–Kier alpha value is -1.94. The SMILES string of the molecule is N#CCC(O)c1[nH]ncc1[N+](=O)[O-]. The zero-order valence-electron chi connectivity index (χ0n) is 6.47. The number of nitrogens with zero attached hydrogens (tertiary/aromatic N) is 3. The average Bonchev–Trinajstić information content (AvgIpc) is 2.52. The van der Waals surface area contributed by atoms with E-state index in [-0.39, 0.29) is 17.8 Å². The first-order valence-electron chi connectivity index (χ1n) is 3.39. The van der Waals surface area contributed by atoms with Crippen molar-refractivity contribution in [1.82, 2.24) is 10.2 Å². The number of nitrogens with one attached hydrogen (secondary N) is 1. The molecule has 0 aliphatic heterocycles. The van der Waals surface area contributed by atoms with Crippen LogP contribution in [0.1, 0.15) is 18.2 Å². The maximum absolute atomic E-state index is 10.3. The van der Waals surface area contributed by atoms with E-state index in [4.69, 9.17) is 5.26 Å². The third-order valence-corrected chi connectivity index (χ3v) is 1.46. The van der Waals surface area contributed by atoms with E-state index in [0.29, 0.717) is 0 Å². The largest absolute Gasteiger partial charge is 0.385 e. The van der Waals surface area contributed by atoms with Gasteiger partial charge in [-0.2, -0.15) is 10.4 Å². The summed E-state index contributed by atoms with van der Waals surface area (Å²) in [5.41, 5.74) is -0.339. The standard InChI is InChI=1S/C6H6N4O3/c7-2-1-5(11)6-4(10(12)13)3-8-9-6/h3,5,11H,1H2,(H,8,9). The summed E-state index contributed by atoms with van der Waals surface area (Å²) >= 11 is 0. The topological polar surface area (TPSA) is 116 Å². The molecule has 0 fully saturated rings. The lowest BCUT2D eigenvalue weighted by molar-refractivity contribution is -0.386. The monoisotopic (exact) mass is 182 g/mol. The summed E-state index contributed by atoms with van der Waals surface area (Å²) in [4.78, 5) is 9.68. The van der Waals surface area contributed by atoms with Gasteiger partial charge in [0.2, 0.25) is 0 Å². The third kappa shape index (κ3) is 1.80. The summed E-state index contributed by atoms with van der Waals surface area (Å²) in [6, 6.07) is 1.70. The quantitative estimate of drug-likeness (QED) is 0.513. The van der Waals surface area contributed by atoms with E-state index < -0.39 is 11.0 Å². The van der Waals surface area contributed by atoms with Gasteiger partial charge in [-0.1, -0.05) is 0 Å². The second-order valence-electron chi connectivity index (χ2n) is 2.30. The summed E-state index contributed by atoms with van der Waals surface area (Å²) in [7, 11) is 0. The first-order valence-corrected chi connectivity index (χ1v) is 3.39. The fourth-order valence-corrected chi connectivity index (χ4v) is 0.869. The van der Waals surface area contributed by atoms with Gasteiger partial charge in [0.1, 0.15) is 18.0 Å². The number of aromatic amines is 1. The highest BCUT2D eigenvalue weighted by molar-refractivity contribution is 5.33. The van der Waals surface area contributed by atoms with Gasteiger partial charge >= 0.3 is 5.69 Å². The molecule has 1 aromatic heterocycles. The number of aromatic nitrogens is 2.